The predicted molar refractivity (Wildman–Crippen MR) is 98.6 cm³/mol. The minimum absolute atomic E-state index is 0.134. The maximum atomic E-state index is 14.2. The normalized spacial score (nSPS) is 20.2. The van der Waals surface area contributed by atoms with Crippen molar-refractivity contribution in [2.75, 3.05) is 18.5 Å². The monoisotopic (exact) mass is 466 g/mol. The van der Waals surface area contributed by atoms with E-state index in [-0.39, 0.29) is 31.7 Å². The van der Waals surface area contributed by atoms with Gasteiger partial charge >= 0.3 is 6.18 Å². The molecule has 14 heteroatoms. The van der Waals surface area contributed by atoms with Crippen LogP contribution in [-0.4, -0.2) is 48.9 Å². The van der Waals surface area contributed by atoms with Gasteiger partial charge in [-0.05, 0) is 18.2 Å². The van der Waals surface area contributed by atoms with Crippen LogP contribution in [0.5, 0.6) is 5.88 Å². The maximum absolute atomic E-state index is 14.2. The summed E-state index contributed by atoms with van der Waals surface area (Å²) in [7, 11) is -4.15. The quantitative estimate of drug-likeness (QED) is 0.569. The zero-order chi connectivity index (χ0) is 22.8. The second-order valence-corrected chi connectivity index (χ2v) is 8.20. The smallest absolute Gasteiger partial charge is 0.423 e. The molecule has 4 N–H and O–H groups in total. The molecule has 0 spiro atoms. The first-order chi connectivity index (χ1) is 14.4. The summed E-state index contributed by atoms with van der Waals surface area (Å²) in [6.45, 7) is 0.415. The van der Waals surface area contributed by atoms with Crippen LogP contribution in [0.15, 0.2) is 29.3 Å². The van der Waals surface area contributed by atoms with Crippen LogP contribution in [-0.2, 0) is 20.9 Å². The van der Waals surface area contributed by atoms with E-state index in [1.54, 1.807) is 0 Å². The molecule has 1 fully saturated rings. The molecular weight excluding hydrogens is 448 g/mol. The van der Waals surface area contributed by atoms with Crippen LogP contribution in [0.2, 0.25) is 0 Å². The fraction of sp³-hybridized carbons (Fsp3) is 0.412. The second kappa shape index (κ2) is 8.90. The Morgan fingerprint density at radius 1 is 1.26 bits per heavy atom. The summed E-state index contributed by atoms with van der Waals surface area (Å²) in [5.74, 6) is -2.34. The summed E-state index contributed by atoms with van der Waals surface area (Å²) in [6.07, 6.45) is -6.16. The molecule has 0 radical (unpaired) electrons. The predicted octanol–water partition coefficient (Wildman–Crippen LogP) is 1.94. The molecule has 1 saturated heterocycles. The number of nitrogens with one attached hydrogen (secondary N) is 1. The number of primary sulfonamides is 1. The molecule has 1 aromatic heterocycles. The standard InChI is InChI=1S/C17H18F4N4O5S/c18-11-7-9(31(22,27)28)1-2-12(11)24-16-23-8-10(17(19,20)21)15(25-16)30-14-4-6-29-5-3-13(14)26/h1-2,7-8,13-14,26H,3-6H2,(H2,22,27,28)(H,23,24,25)/t13-,14+/m0/s1. The number of aliphatic hydroxyl groups excluding tert-OH is 1. The van der Waals surface area contributed by atoms with E-state index in [4.69, 9.17) is 14.6 Å². The number of hydrogen-bond donors (Lipinski definition) is 3. The van der Waals surface area contributed by atoms with Crippen molar-refractivity contribution < 1.29 is 40.6 Å². The molecule has 1 aliphatic rings. The van der Waals surface area contributed by atoms with Crippen molar-refractivity contribution in [1.82, 2.24) is 9.97 Å². The minimum atomic E-state index is -4.84. The van der Waals surface area contributed by atoms with Crippen molar-refractivity contribution in [3.05, 3.63) is 35.8 Å². The van der Waals surface area contributed by atoms with E-state index < -0.39 is 56.5 Å². The van der Waals surface area contributed by atoms with Gasteiger partial charge in [0.25, 0.3) is 0 Å². The van der Waals surface area contributed by atoms with Crippen molar-refractivity contribution in [1.29, 1.82) is 0 Å². The van der Waals surface area contributed by atoms with E-state index in [1.807, 2.05) is 0 Å². The number of benzene rings is 1. The number of nitrogens with two attached hydrogens (primary N) is 1. The van der Waals surface area contributed by atoms with Gasteiger partial charge in [0.05, 0.1) is 23.3 Å². The van der Waals surface area contributed by atoms with E-state index in [1.165, 1.54) is 0 Å². The topological polar surface area (TPSA) is 137 Å². The third-order valence-corrected chi connectivity index (χ3v) is 5.28. The lowest BCUT2D eigenvalue weighted by atomic mass is 10.1. The van der Waals surface area contributed by atoms with E-state index in [9.17, 15) is 31.1 Å². The number of anilines is 2. The van der Waals surface area contributed by atoms with Crippen molar-refractivity contribution in [2.24, 2.45) is 5.14 Å². The molecule has 0 bridgehead atoms. The molecular formula is C17H18F4N4O5S. The first-order valence-electron chi connectivity index (χ1n) is 8.91. The minimum Gasteiger partial charge on any atom is -0.471 e. The van der Waals surface area contributed by atoms with Crippen LogP contribution in [0.1, 0.15) is 18.4 Å². The molecule has 2 atom stereocenters. The number of alkyl halides is 3. The zero-order valence-corrected chi connectivity index (χ0v) is 16.6. The number of aliphatic hydroxyl groups is 1. The number of sulfonamides is 1. The van der Waals surface area contributed by atoms with Gasteiger partial charge in [0.1, 0.15) is 17.5 Å². The molecule has 2 heterocycles. The summed E-state index contributed by atoms with van der Waals surface area (Å²) < 4.78 is 87.4. The lowest BCUT2D eigenvalue weighted by Crippen LogP contribution is -2.32. The Labute approximate surface area is 174 Å². The average Bonchev–Trinajstić information content (AvgIpc) is 2.86. The van der Waals surface area contributed by atoms with Crippen molar-refractivity contribution >= 4 is 21.7 Å². The van der Waals surface area contributed by atoms with E-state index in [0.29, 0.717) is 12.3 Å². The Hall–Kier alpha value is -2.55. The molecule has 2 aromatic rings. The van der Waals surface area contributed by atoms with Gasteiger partial charge in [-0.2, -0.15) is 18.2 Å². The molecule has 1 aliphatic heterocycles. The van der Waals surface area contributed by atoms with Crippen LogP contribution < -0.4 is 15.2 Å². The third kappa shape index (κ3) is 5.78. The first-order valence-corrected chi connectivity index (χ1v) is 10.5. The summed E-state index contributed by atoms with van der Waals surface area (Å²) in [6, 6.07) is 2.66. The molecule has 0 saturated carbocycles. The fourth-order valence-electron chi connectivity index (χ4n) is 2.77. The van der Waals surface area contributed by atoms with Gasteiger partial charge < -0.3 is 19.9 Å². The highest BCUT2D eigenvalue weighted by Crippen LogP contribution is 2.36. The number of hydrogen-bond acceptors (Lipinski definition) is 8. The lowest BCUT2D eigenvalue weighted by Gasteiger charge is -2.23. The van der Waals surface area contributed by atoms with Crippen LogP contribution in [0.3, 0.4) is 0 Å². The molecule has 3 rings (SSSR count). The Kier molecular flexibility index (Phi) is 6.64. The maximum Gasteiger partial charge on any atom is 0.423 e. The van der Waals surface area contributed by atoms with Crippen molar-refractivity contribution in [2.45, 2.75) is 36.1 Å². The highest BCUT2D eigenvalue weighted by Gasteiger charge is 2.38. The van der Waals surface area contributed by atoms with Gasteiger partial charge in [0.2, 0.25) is 21.9 Å². The van der Waals surface area contributed by atoms with Crippen LogP contribution >= 0.6 is 0 Å². The van der Waals surface area contributed by atoms with Gasteiger partial charge in [0, 0.05) is 25.6 Å². The highest BCUT2D eigenvalue weighted by atomic mass is 32.2. The molecule has 31 heavy (non-hydrogen) atoms. The SMILES string of the molecule is NS(=O)(=O)c1ccc(Nc2ncc(C(F)(F)F)c(O[C@@H]3CCOCC[C@@H]3O)n2)c(F)c1. The van der Waals surface area contributed by atoms with E-state index in [0.717, 1.165) is 12.1 Å². The van der Waals surface area contributed by atoms with Crippen LogP contribution in [0, 0.1) is 5.82 Å². The average molecular weight is 466 g/mol. The molecule has 170 valence electrons. The van der Waals surface area contributed by atoms with Crippen LogP contribution in [0.4, 0.5) is 29.2 Å². The van der Waals surface area contributed by atoms with Crippen molar-refractivity contribution in [3.8, 4) is 5.88 Å². The second-order valence-electron chi connectivity index (χ2n) is 6.64. The summed E-state index contributed by atoms with van der Waals surface area (Å²) in [5.41, 5.74) is -1.58. The van der Waals surface area contributed by atoms with Crippen LogP contribution in [0.25, 0.3) is 0 Å². The Morgan fingerprint density at radius 3 is 2.61 bits per heavy atom. The van der Waals surface area contributed by atoms with Gasteiger partial charge in [-0.15, -0.1) is 0 Å². The number of aromatic nitrogens is 2. The van der Waals surface area contributed by atoms with Gasteiger partial charge in [-0.1, -0.05) is 0 Å². The number of halogens is 4. The number of nitrogens with zero attached hydrogens (tertiary/aromatic N) is 2. The molecule has 1 aromatic carbocycles. The number of rotatable bonds is 5. The first kappa shape index (κ1) is 23.1. The number of ether oxygens (including phenoxy) is 2. The Morgan fingerprint density at radius 2 is 1.97 bits per heavy atom. The van der Waals surface area contributed by atoms with E-state index >= 15 is 0 Å². The van der Waals surface area contributed by atoms with Crippen molar-refractivity contribution in [3.63, 3.8) is 0 Å². The molecule has 0 aliphatic carbocycles. The summed E-state index contributed by atoms with van der Waals surface area (Å²) >= 11 is 0. The zero-order valence-electron chi connectivity index (χ0n) is 15.8. The summed E-state index contributed by atoms with van der Waals surface area (Å²) in [5, 5.41) is 17.4. The summed E-state index contributed by atoms with van der Waals surface area (Å²) in [4.78, 5) is 6.72. The molecule has 0 amide bonds. The van der Waals surface area contributed by atoms with Gasteiger partial charge in [-0.25, -0.2) is 22.9 Å². The Bertz CT molecular complexity index is 1050. The Balaban J connectivity index is 1.91. The highest BCUT2D eigenvalue weighted by molar-refractivity contribution is 7.89. The van der Waals surface area contributed by atoms with Gasteiger partial charge in [-0.3, -0.25) is 0 Å². The third-order valence-electron chi connectivity index (χ3n) is 4.37. The molecule has 9 nitrogen and oxygen atoms in total. The molecule has 0 unspecified atom stereocenters. The van der Waals surface area contributed by atoms with Gasteiger partial charge in [0.15, 0.2) is 0 Å². The van der Waals surface area contributed by atoms with E-state index in [2.05, 4.69) is 15.3 Å². The fourth-order valence-corrected chi connectivity index (χ4v) is 3.30. The largest absolute Gasteiger partial charge is 0.471 e. The lowest BCUT2D eigenvalue weighted by molar-refractivity contribution is -0.140.